The average Bonchev–Trinajstić information content (AvgIpc) is 2.97. The molecule has 0 amide bonds. The number of fused-ring (bicyclic) bond motifs is 2. The Morgan fingerprint density at radius 1 is 0.864 bits per heavy atom. The van der Waals surface area contributed by atoms with E-state index in [1.807, 2.05) is 12.1 Å². The molecule has 0 aliphatic heterocycles. The van der Waals surface area contributed by atoms with Crippen molar-refractivity contribution in [3.63, 3.8) is 0 Å². The molecule has 0 spiro atoms. The van der Waals surface area contributed by atoms with Crippen molar-refractivity contribution in [3.05, 3.63) is 58.7 Å². The Balaban J connectivity index is 1.63. The molecule has 3 heteroatoms. The molecule has 0 fully saturated rings. The quantitative estimate of drug-likeness (QED) is 0.821. The Morgan fingerprint density at radius 3 is 2.68 bits per heavy atom. The number of nitrogens with zero attached hydrogens (tertiary/aromatic N) is 1. The Bertz CT molecular complexity index is 749. The van der Waals surface area contributed by atoms with E-state index >= 15 is 0 Å². The Labute approximate surface area is 130 Å². The number of phenols is 1. The summed E-state index contributed by atoms with van der Waals surface area (Å²) in [5.41, 5.74) is 10.4. The standard InChI is InChI=1S/C19H20N2O/c22-19-10-4-8-15-16(19)11-12-18(15)21-20-17-9-3-6-13-5-1-2-7-14(13)17/h3-4,6,8-10,20,22H,1-2,5,7,11-12H2. The van der Waals surface area contributed by atoms with Crippen LogP contribution in [0.2, 0.25) is 0 Å². The molecule has 0 radical (unpaired) electrons. The number of anilines is 1. The van der Waals surface area contributed by atoms with Gasteiger partial charge in [-0.05, 0) is 61.8 Å². The maximum atomic E-state index is 9.92. The van der Waals surface area contributed by atoms with Gasteiger partial charge in [0, 0.05) is 11.1 Å². The number of hydrogen-bond acceptors (Lipinski definition) is 3. The van der Waals surface area contributed by atoms with E-state index in [-0.39, 0.29) is 0 Å². The highest BCUT2D eigenvalue weighted by Crippen LogP contribution is 2.31. The molecule has 2 aliphatic carbocycles. The first-order chi connectivity index (χ1) is 10.8. The van der Waals surface area contributed by atoms with Gasteiger partial charge in [-0.2, -0.15) is 5.10 Å². The second kappa shape index (κ2) is 5.48. The maximum Gasteiger partial charge on any atom is 0.119 e. The molecule has 0 aromatic heterocycles. The monoisotopic (exact) mass is 292 g/mol. The van der Waals surface area contributed by atoms with Crippen LogP contribution < -0.4 is 5.43 Å². The molecule has 112 valence electrons. The number of phenolic OH excluding ortho intramolecular Hbond substituents is 1. The number of hydrogen-bond donors (Lipinski definition) is 2. The molecule has 2 aromatic rings. The summed E-state index contributed by atoms with van der Waals surface area (Å²) in [5, 5.41) is 14.6. The zero-order valence-electron chi connectivity index (χ0n) is 12.6. The molecule has 0 unspecified atom stereocenters. The van der Waals surface area contributed by atoms with Crippen molar-refractivity contribution in [2.24, 2.45) is 5.10 Å². The Morgan fingerprint density at radius 2 is 1.73 bits per heavy atom. The molecule has 2 N–H and O–H groups in total. The molecular weight excluding hydrogens is 272 g/mol. The summed E-state index contributed by atoms with van der Waals surface area (Å²) < 4.78 is 0. The zero-order chi connectivity index (χ0) is 14.9. The van der Waals surface area contributed by atoms with Gasteiger partial charge in [-0.3, -0.25) is 5.43 Å². The molecule has 3 nitrogen and oxygen atoms in total. The van der Waals surface area contributed by atoms with Crippen molar-refractivity contribution >= 4 is 11.4 Å². The highest BCUT2D eigenvalue weighted by atomic mass is 16.3. The van der Waals surface area contributed by atoms with Gasteiger partial charge < -0.3 is 5.11 Å². The molecule has 0 saturated heterocycles. The summed E-state index contributed by atoms with van der Waals surface area (Å²) in [7, 11) is 0. The molecule has 0 heterocycles. The first-order valence-electron chi connectivity index (χ1n) is 8.07. The predicted octanol–water partition coefficient (Wildman–Crippen LogP) is 4.03. The van der Waals surface area contributed by atoms with Crippen LogP contribution in [0, 0.1) is 0 Å². The first kappa shape index (κ1) is 13.4. The van der Waals surface area contributed by atoms with Gasteiger partial charge in [0.25, 0.3) is 0 Å². The van der Waals surface area contributed by atoms with Crippen molar-refractivity contribution in [1.29, 1.82) is 0 Å². The van der Waals surface area contributed by atoms with Crippen LogP contribution in [0.3, 0.4) is 0 Å². The largest absolute Gasteiger partial charge is 0.508 e. The molecule has 0 saturated carbocycles. The van der Waals surface area contributed by atoms with Crippen molar-refractivity contribution in [3.8, 4) is 5.75 Å². The van der Waals surface area contributed by atoms with Crippen LogP contribution in [-0.2, 0) is 19.3 Å². The summed E-state index contributed by atoms with van der Waals surface area (Å²) in [6.07, 6.45) is 6.62. The number of benzene rings is 2. The summed E-state index contributed by atoms with van der Waals surface area (Å²) in [4.78, 5) is 0. The summed E-state index contributed by atoms with van der Waals surface area (Å²) in [6, 6.07) is 12.1. The minimum Gasteiger partial charge on any atom is -0.508 e. The fraction of sp³-hybridized carbons (Fsp3) is 0.316. The van der Waals surface area contributed by atoms with E-state index in [4.69, 9.17) is 0 Å². The van der Waals surface area contributed by atoms with Gasteiger partial charge in [-0.1, -0.05) is 24.3 Å². The van der Waals surface area contributed by atoms with E-state index in [9.17, 15) is 5.11 Å². The van der Waals surface area contributed by atoms with Crippen molar-refractivity contribution < 1.29 is 5.11 Å². The van der Waals surface area contributed by atoms with Crippen LogP contribution in [0.1, 0.15) is 41.5 Å². The van der Waals surface area contributed by atoms with E-state index in [0.29, 0.717) is 5.75 Å². The molecule has 22 heavy (non-hydrogen) atoms. The predicted molar refractivity (Wildman–Crippen MR) is 89.7 cm³/mol. The number of nitrogens with one attached hydrogen (secondary N) is 1. The van der Waals surface area contributed by atoms with Gasteiger partial charge in [0.05, 0.1) is 11.4 Å². The average molecular weight is 292 g/mol. The second-order valence-corrected chi connectivity index (χ2v) is 6.12. The van der Waals surface area contributed by atoms with E-state index in [1.165, 1.54) is 30.4 Å². The minimum atomic E-state index is 0.389. The van der Waals surface area contributed by atoms with Crippen LogP contribution in [0.5, 0.6) is 5.75 Å². The normalized spacial score (nSPS) is 18.1. The molecule has 0 bridgehead atoms. The Hall–Kier alpha value is -2.29. The highest BCUT2D eigenvalue weighted by molar-refractivity contribution is 6.05. The first-order valence-corrected chi connectivity index (χ1v) is 8.07. The lowest BCUT2D eigenvalue weighted by atomic mass is 9.91. The van der Waals surface area contributed by atoms with Crippen molar-refractivity contribution in [1.82, 2.24) is 0 Å². The number of aromatic hydroxyl groups is 1. The lowest BCUT2D eigenvalue weighted by Gasteiger charge is -2.18. The molecule has 2 aliphatic rings. The number of rotatable bonds is 2. The summed E-state index contributed by atoms with van der Waals surface area (Å²) >= 11 is 0. The van der Waals surface area contributed by atoms with E-state index < -0.39 is 0 Å². The molecule has 0 atom stereocenters. The van der Waals surface area contributed by atoms with Crippen LogP contribution in [0.15, 0.2) is 41.5 Å². The topological polar surface area (TPSA) is 44.6 Å². The lowest BCUT2D eigenvalue weighted by molar-refractivity contribution is 0.469. The Kier molecular flexibility index (Phi) is 3.34. The van der Waals surface area contributed by atoms with Crippen LogP contribution in [-0.4, -0.2) is 10.8 Å². The third-order valence-corrected chi connectivity index (χ3v) is 4.78. The van der Waals surface area contributed by atoms with E-state index in [2.05, 4.69) is 28.7 Å². The molecule has 2 aromatic carbocycles. The fourth-order valence-corrected chi connectivity index (χ4v) is 3.62. The summed E-state index contributed by atoms with van der Waals surface area (Å²) in [5.74, 6) is 0.389. The van der Waals surface area contributed by atoms with Gasteiger partial charge >= 0.3 is 0 Å². The second-order valence-electron chi connectivity index (χ2n) is 6.12. The van der Waals surface area contributed by atoms with Crippen molar-refractivity contribution in [2.75, 3.05) is 5.43 Å². The van der Waals surface area contributed by atoms with Crippen molar-refractivity contribution in [2.45, 2.75) is 38.5 Å². The SMILES string of the molecule is Oc1cccc2c1CCC2=NNc1cccc2c1CCCC2. The van der Waals surface area contributed by atoms with Crippen LogP contribution in [0.25, 0.3) is 0 Å². The fourth-order valence-electron chi connectivity index (χ4n) is 3.62. The molecule has 4 rings (SSSR count). The third-order valence-electron chi connectivity index (χ3n) is 4.78. The van der Waals surface area contributed by atoms with Crippen LogP contribution in [0.4, 0.5) is 5.69 Å². The van der Waals surface area contributed by atoms with Crippen LogP contribution >= 0.6 is 0 Å². The van der Waals surface area contributed by atoms with Gasteiger partial charge in [0.15, 0.2) is 0 Å². The highest BCUT2D eigenvalue weighted by Gasteiger charge is 2.20. The summed E-state index contributed by atoms with van der Waals surface area (Å²) in [6.45, 7) is 0. The number of aryl methyl sites for hydroxylation is 1. The smallest absolute Gasteiger partial charge is 0.119 e. The zero-order valence-corrected chi connectivity index (χ0v) is 12.6. The third kappa shape index (κ3) is 2.27. The van der Waals surface area contributed by atoms with E-state index in [1.54, 1.807) is 6.07 Å². The van der Waals surface area contributed by atoms with Gasteiger partial charge in [0.2, 0.25) is 0 Å². The maximum absolute atomic E-state index is 9.92. The van der Waals surface area contributed by atoms with E-state index in [0.717, 1.165) is 41.8 Å². The minimum absolute atomic E-state index is 0.389. The van der Waals surface area contributed by atoms with Gasteiger partial charge in [-0.15, -0.1) is 0 Å². The molecular formula is C19H20N2O. The number of hydrazone groups is 1. The van der Waals surface area contributed by atoms with Gasteiger partial charge in [-0.25, -0.2) is 0 Å². The lowest BCUT2D eigenvalue weighted by Crippen LogP contribution is -2.07. The van der Waals surface area contributed by atoms with Gasteiger partial charge in [0.1, 0.15) is 5.75 Å².